The van der Waals surface area contributed by atoms with E-state index in [-0.39, 0.29) is 0 Å². The number of nitrogen functional groups attached to an aromatic ring is 1. The maximum atomic E-state index is 5.85. The van der Waals surface area contributed by atoms with E-state index in [4.69, 9.17) is 10.3 Å². The van der Waals surface area contributed by atoms with Crippen molar-refractivity contribution in [1.29, 1.82) is 0 Å². The fraction of sp³-hybridized carbons (Fsp3) is 0.0769. The molecule has 19 heavy (non-hydrogen) atoms. The van der Waals surface area contributed by atoms with Crippen molar-refractivity contribution < 1.29 is 4.52 Å². The zero-order chi connectivity index (χ0) is 13.4. The summed E-state index contributed by atoms with van der Waals surface area (Å²) in [6.45, 7) is 2.01. The minimum Gasteiger partial charge on any atom is -0.397 e. The standard InChI is InChI=1S/C13H10BrN3OS/c1-7-6-8(14)2-3-9(7)12-16-13(18-17-12)11-10(15)4-5-19-11/h2-6H,15H2,1H3. The number of aryl methyl sites for hydroxylation is 1. The highest BCUT2D eigenvalue weighted by molar-refractivity contribution is 9.10. The number of hydrogen-bond donors (Lipinski definition) is 1. The highest BCUT2D eigenvalue weighted by atomic mass is 79.9. The van der Waals surface area contributed by atoms with Crippen LogP contribution >= 0.6 is 27.3 Å². The van der Waals surface area contributed by atoms with Crippen LogP contribution in [0.5, 0.6) is 0 Å². The Morgan fingerprint density at radius 1 is 1.32 bits per heavy atom. The highest BCUT2D eigenvalue weighted by Crippen LogP contribution is 2.32. The SMILES string of the molecule is Cc1cc(Br)ccc1-c1noc(-c2sccc2N)n1. The average molecular weight is 336 g/mol. The van der Waals surface area contributed by atoms with Crippen LogP contribution in [0.15, 0.2) is 38.6 Å². The van der Waals surface area contributed by atoms with Crippen molar-refractivity contribution in [2.75, 3.05) is 5.73 Å². The van der Waals surface area contributed by atoms with Gasteiger partial charge in [0.05, 0.1) is 5.69 Å². The van der Waals surface area contributed by atoms with Gasteiger partial charge < -0.3 is 10.3 Å². The molecule has 1 aromatic carbocycles. The van der Waals surface area contributed by atoms with Gasteiger partial charge in [-0.05, 0) is 42.1 Å². The van der Waals surface area contributed by atoms with Gasteiger partial charge in [0.15, 0.2) is 0 Å². The monoisotopic (exact) mass is 335 g/mol. The number of nitrogens with two attached hydrogens (primary N) is 1. The molecule has 0 saturated carbocycles. The summed E-state index contributed by atoms with van der Waals surface area (Å²) in [6, 6.07) is 7.77. The van der Waals surface area contributed by atoms with Crippen molar-refractivity contribution in [3.63, 3.8) is 0 Å². The van der Waals surface area contributed by atoms with Crippen molar-refractivity contribution >= 4 is 33.0 Å². The molecule has 0 bridgehead atoms. The molecule has 4 nitrogen and oxygen atoms in total. The van der Waals surface area contributed by atoms with Gasteiger partial charge in [-0.2, -0.15) is 4.98 Å². The summed E-state index contributed by atoms with van der Waals surface area (Å²) in [5.74, 6) is 1.04. The van der Waals surface area contributed by atoms with Crippen LogP contribution in [0.25, 0.3) is 22.2 Å². The molecule has 96 valence electrons. The lowest BCUT2D eigenvalue weighted by molar-refractivity contribution is 0.433. The van der Waals surface area contributed by atoms with Crippen LogP contribution in [-0.4, -0.2) is 10.1 Å². The molecule has 0 atom stereocenters. The van der Waals surface area contributed by atoms with Crippen LogP contribution in [0.4, 0.5) is 5.69 Å². The predicted octanol–water partition coefficient (Wildman–Crippen LogP) is 4.12. The number of halogens is 1. The third kappa shape index (κ3) is 2.29. The van der Waals surface area contributed by atoms with E-state index in [0.717, 1.165) is 20.5 Å². The molecule has 2 heterocycles. The second kappa shape index (κ2) is 4.79. The van der Waals surface area contributed by atoms with Gasteiger partial charge in [-0.1, -0.05) is 21.1 Å². The van der Waals surface area contributed by atoms with E-state index < -0.39 is 0 Å². The first-order valence-corrected chi connectivity index (χ1v) is 7.26. The number of rotatable bonds is 2. The molecule has 2 aromatic heterocycles. The first-order valence-electron chi connectivity index (χ1n) is 5.59. The van der Waals surface area contributed by atoms with E-state index in [1.54, 1.807) is 0 Å². The van der Waals surface area contributed by atoms with Crippen LogP contribution in [0.1, 0.15) is 5.56 Å². The van der Waals surface area contributed by atoms with Gasteiger partial charge in [0.1, 0.15) is 4.88 Å². The first kappa shape index (κ1) is 12.4. The average Bonchev–Trinajstić information content (AvgIpc) is 2.97. The summed E-state index contributed by atoms with van der Waals surface area (Å²) in [5.41, 5.74) is 8.54. The summed E-state index contributed by atoms with van der Waals surface area (Å²) < 4.78 is 6.31. The molecule has 0 unspecified atom stereocenters. The molecular formula is C13H10BrN3OS. The maximum absolute atomic E-state index is 5.85. The zero-order valence-electron chi connectivity index (χ0n) is 10.1. The Labute approximate surface area is 122 Å². The van der Waals surface area contributed by atoms with E-state index in [0.29, 0.717) is 17.4 Å². The van der Waals surface area contributed by atoms with Crippen molar-refractivity contribution in [3.05, 3.63) is 39.7 Å². The molecule has 0 aliphatic rings. The summed E-state index contributed by atoms with van der Waals surface area (Å²) in [6.07, 6.45) is 0. The minimum absolute atomic E-state index is 0.463. The summed E-state index contributed by atoms with van der Waals surface area (Å²) in [7, 11) is 0. The van der Waals surface area contributed by atoms with E-state index in [9.17, 15) is 0 Å². The molecule has 0 amide bonds. The lowest BCUT2D eigenvalue weighted by atomic mass is 10.1. The topological polar surface area (TPSA) is 64.9 Å². The highest BCUT2D eigenvalue weighted by Gasteiger charge is 2.15. The van der Waals surface area contributed by atoms with E-state index in [2.05, 4.69) is 26.1 Å². The van der Waals surface area contributed by atoms with E-state index in [1.165, 1.54) is 11.3 Å². The van der Waals surface area contributed by atoms with E-state index in [1.807, 2.05) is 36.6 Å². The molecular weight excluding hydrogens is 326 g/mol. The van der Waals surface area contributed by atoms with Crippen LogP contribution in [0.2, 0.25) is 0 Å². The maximum Gasteiger partial charge on any atom is 0.270 e. The fourth-order valence-electron chi connectivity index (χ4n) is 1.80. The Hall–Kier alpha value is -1.66. The Balaban J connectivity index is 2.04. The van der Waals surface area contributed by atoms with Crippen LogP contribution in [0, 0.1) is 6.92 Å². The Morgan fingerprint density at radius 3 is 2.84 bits per heavy atom. The predicted molar refractivity (Wildman–Crippen MR) is 79.9 cm³/mol. The summed E-state index contributed by atoms with van der Waals surface area (Å²) >= 11 is 4.93. The molecule has 3 rings (SSSR count). The van der Waals surface area contributed by atoms with Crippen LogP contribution in [0.3, 0.4) is 0 Å². The van der Waals surface area contributed by atoms with Crippen molar-refractivity contribution in [2.24, 2.45) is 0 Å². The van der Waals surface area contributed by atoms with Gasteiger partial charge in [-0.3, -0.25) is 0 Å². The number of aromatic nitrogens is 2. The van der Waals surface area contributed by atoms with Crippen LogP contribution < -0.4 is 5.73 Å². The third-order valence-electron chi connectivity index (χ3n) is 2.75. The van der Waals surface area contributed by atoms with Crippen molar-refractivity contribution in [3.8, 4) is 22.2 Å². The number of anilines is 1. The van der Waals surface area contributed by atoms with Gasteiger partial charge in [-0.15, -0.1) is 11.3 Å². The second-order valence-electron chi connectivity index (χ2n) is 4.09. The number of nitrogens with zero attached hydrogens (tertiary/aromatic N) is 2. The fourth-order valence-corrected chi connectivity index (χ4v) is 3.01. The molecule has 2 N–H and O–H groups in total. The smallest absolute Gasteiger partial charge is 0.270 e. The molecule has 0 aliphatic carbocycles. The van der Waals surface area contributed by atoms with Gasteiger partial charge in [0.2, 0.25) is 5.82 Å². The number of hydrogen-bond acceptors (Lipinski definition) is 5. The summed E-state index contributed by atoms with van der Waals surface area (Å²) in [5, 5.41) is 5.93. The first-order chi connectivity index (χ1) is 9.15. The Bertz CT molecular complexity index is 735. The zero-order valence-corrected chi connectivity index (χ0v) is 12.5. The Morgan fingerprint density at radius 2 is 2.16 bits per heavy atom. The second-order valence-corrected chi connectivity index (χ2v) is 5.92. The molecule has 0 saturated heterocycles. The quantitative estimate of drug-likeness (QED) is 0.765. The number of thiophene rings is 1. The van der Waals surface area contributed by atoms with Gasteiger partial charge >= 0.3 is 0 Å². The van der Waals surface area contributed by atoms with Crippen molar-refractivity contribution in [2.45, 2.75) is 6.92 Å². The largest absolute Gasteiger partial charge is 0.397 e. The van der Waals surface area contributed by atoms with Crippen molar-refractivity contribution in [1.82, 2.24) is 10.1 Å². The lowest BCUT2D eigenvalue weighted by Gasteiger charge is -2.00. The van der Waals surface area contributed by atoms with Gasteiger partial charge in [0.25, 0.3) is 5.89 Å². The van der Waals surface area contributed by atoms with Gasteiger partial charge in [-0.25, -0.2) is 0 Å². The molecule has 0 aliphatic heterocycles. The molecule has 0 spiro atoms. The summed E-state index contributed by atoms with van der Waals surface area (Å²) in [4.78, 5) is 5.23. The molecule has 6 heteroatoms. The molecule has 0 radical (unpaired) electrons. The Kier molecular flexibility index (Phi) is 3.12. The molecule has 0 fully saturated rings. The third-order valence-corrected chi connectivity index (χ3v) is 4.16. The van der Waals surface area contributed by atoms with Crippen LogP contribution in [-0.2, 0) is 0 Å². The minimum atomic E-state index is 0.463. The van der Waals surface area contributed by atoms with E-state index >= 15 is 0 Å². The lowest BCUT2D eigenvalue weighted by Crippen LogP contribution is -1.86. The normalized spacial score (nSPS) is 10.8. The molecule has 3 aromatic rings. The number of benzene rings is 1. The van der Waals surface area contributed by atoms with Gasteiger partial charge in [0, 0.05) is 10.0 Å².